The minimum absolute atomic E-state index is 0.377. The summed E-state index contributed by atoms with van der Waals surface area (Å²) in [4.78, 5) is 23.8. The van der Waals surface area contributed by atoms with Crippen molar-refractivity contribution in [3.63, 3.8) is 0 Å². The van der Waals surface area contributed by atoms with Crippen LogP contribution in [-0.4, -0.2) is 32.4 Å². The zero-order valence-corrected chi connectivity index (χ0v) is 15.2. The molecule has 0 aliphatic heterocycles. The second-order valence-corrected chi connectivity index (χ2v) is 7.00. The third-order valence-corrected chi connectivity index (χ3v) is 3.89. The molecule has 0 saturated heterocycles. The first kappa shape index (κ1) is 18.8. The lowest BCUT2D eigenvalue weighted by Crippen LogP contribution is -2.42. The second-order valence-electron chi connectivity index (χ2n) is 6.56. The number of carbonyl (C=O) groups excluding carboxylic acids is 1. The minimum Gasteiger partial charge on any atom is -0.479 e. The lowest BCUT2D eigenvalue weighted by Gasteiger charge is -2.25. The van der Waals surface area contributed by atoms with Crippen LogP contribution in [0.2, 0.25) is 5.02 Å². The van der Waals surface area contributed by atoms with Gasteiger partial charge in [0.25, 0.3) is 5.91 Å². The predicted molar refractivity (Wildman–Crippen MR) is 94.0 cm³/mol. The summed E-state index contributed by atoms with van der Waals surface area (Å²) in [6, 6.07) is 6.75. The van der Waals surface area contributed by atoms with E-state index in [0.717, 1.165) is 0 Å². The summed E-state index contributed by atoms with van der Waals surface area (Å²) < 4.78 is 6.98. The highest BCUT2D eigenvalue weighted by molar-refractivity contribution is 6.30. The molecule has 1 aromatic carbocycles. The van der Waals surface area contributed by atoms with Crippen LogP contribution in [0.25, 0.3) is 0 Å². The van der Waals surface area contributed by atoms with Crippen LogP contribution in [0.4, 0.5) is 5.69 Å². The van der Waals surface area contributed by atoms with Crippen molar-refractivity contribution in [3.8, 4) is 5.75 Å². The Balaban J connectivity index is 2.11. The number of hydrogen-bond donors (Lipinski definition) is 2. The molecular weight excluding hydrogens is 346 g/mol. The van der Waals surface area contributed by atoms with Crippen molar-refractivity contribution in [2.24, 2.45) is 0 Å². The maximum absolute atomic E-state index is 12.5. The summed E-state index contributed by atoms with van der Waals surface area (Å²) in [5.41, 5.74) is -2.02. The molecule has 25 heavy (non-hydrogen) atoms. The van der Waals surface area contributed by atoms with E-state index in [-0.39, 0.29) is 0 Å². The number of rotatable bonds is 6. The van der Waals surface area contributed by atoms with Gasteiger partial charge in [0.05, 0.1) is 11.9 Å². The van der Waals surface area contributed by atoms with E-state index in [1.54, 1.807) is 38.1 Å². The van der Waals surface area contributed by atoms with Crippen molar-refractivity contribution < 1.29 is 19.4 Å². The molecule has 0 bridgehead atoms. The van der Waals surface area contributed by atoms with Crippen LogP contribution in [0.3, 0.4) is 0 Å². The number of anilines is 1. The molecule has 8 heteroatoms. The topological polar surface area (TPSA) is 93.5 Å². The number of nitrogens with zero attached hydrogens (tertiary/aromatic N) is 2. The maximum Gasteiger partial charge on any atom is 0.331 e. The van der Waals surface area contributed by atoms with Crippen molar-refractivity contribution in [2.75, 3.05) is 5.32 Å². The zero-order valence-electron chi connectivity index (χ0n) is 14.4. The Morgan fingerprint density at radius 3 is 2.56 bits per heavy atom. The van der Waals surface area contributed by atoms with Gasteiger partial charge in [0.1, 0.15) is 5.75 Å². The Hall–Kier alpha value is -2.54. The highest BCUT2D eigenvalue weighted by Gasteiger charge is 2.32. The molecule has 1 aromatic heterocycles. The Bertz CT molecular complexity index is 799. The molecule has 0 unspecified atom stereocenters. The maximum atomic E-state index is 12.5. The summed E-state index contributed by atoms with van der Waals surface area (Å²) in [6.45, 7) is 6.27. The number of carboxylic acids is 1. The molecule has 0 radical (unpaired) electrons. The monoisotopic (exact) mass is 365 g/mol. The van der Waals surface area contributed by atoms with Crippen LogP contribution in [0, 0.1) is 0 Å². The zero-order chi connectivity index (χ0) is 18.8. The van der Waals surface area contributed by atoms with Gasteiger partial charge in [0, 0.05) is 11.2 Å². The third kappa shape index (κ3) is 4.30. The van der Waals surface area contributed by atoms with Gasteiger partial charge < -0.3 is 15.2 Å². The third-order valence-electron chi connectivity index (χ3n) is 3.65. The van der Waals surface area contributed by atoms with E-state index < -0.39 is 23.0 Å². The molecule has 0 spiro atoms. The molecule has 2 rings (SSSR count). The van der Waals surface area contributed by atoms with Crippen LogP contribution in [0.5, 0.6) is 5.75 Å². The van der Waals surface area contributed by atoms with E-state index in [2.05, 4.69) is 10.4 Å². The first-order valence-electron chi connectivity index (χ1n) is 7.57. The summed E-state index contributed by atoms with van der Waals surface area (Å²) in [7, 11) is 0. The second kappa shape index (κ2) is 6.76. The summed E-state index contributed by atoms with van der Waals surface area (Å²) >= 11 is 5.91. The number of nitrogens with one attached hydrogen (secondary N) is 1. The lowest BCUT2D eigenvalue weighted by molar-refractivity contribution is -0.146. The Kier molecular flexibility index (Phi) is 5.08. The average Bonchev–Trinajstić information content (AvgIpc) is 2.95. The van der Waals surface area contributed by atoms with Crippen molar-refractivity contribution >= 4 is 29.2 Å². The SMILES string of the molecule is CC(C)(Oc1cccc(Cl)c1)C(=O)Nc1cnn(C(C)(C)C(=O)O)c1. The van der Waals surface area contributed by atoms with Gasteiger partial charge in [-0.15, -0.1) is 0 Å². The smallest absolute Gasteiger partial charge is 0.331 e. The molecule has 2 aromatic rings. The van der Waals surface area contributed by atoms with Gasteiger partial charge in [-0.1, -0.05) is 17.7 Å². The van der Waals surface area contributed by atoms with Gasteiger partial charge in [0.2, 0.25) is 0 Å². The van der Waals surface area contributed by atoms with E-state index in [1.807, 2.05) is 0 Å². The molecule has 1 amide bonds. The fourth-order valence-corrected chi connectivity index (χ4v) is 2.12. The van der Waals surface area contributed by atoms with Crippen molar-refractivity contribution in [1.82, 2.24) is 9.78 Å². The number of amides is 1. The fraction of sp³-hybridized carbons (Fsp3) is 0.353. The van der Waals surface area contributed by atoms with Crippen LogP contribution >= 0.6 is 11.6 Å². The van der Waals surface area contributed by atoms with Crippen molar-refractivity contribution in [2.45, 2.75) is 38.8 Å². The quantitative estimate of drug-likeness (QED) is 0.820. The highest BCUT2D eigenvalue weighted by Crippen LogP contribution is 2.24. The van der Waals surface area contributed by atoms with Crippen LogP contribution < -0.4 is 10.1 Å². The van der Waals surface area contributed by atoms with Gasteiger partial charge in [-0.2, -0.15) is 5.10 Å². The number of hydrogen-bond acceptors (Lipinski definition) is 4. The van der Waals surface area contributed by atoms with Crippen LogP contribution in [-0.2, 0) is 15.1 Å². The number of halogens is 1. The van der Waals surface area contributed by atoms with Crippen molar-refractivity contribution in [3.05, 3.63) is 41.7 Å². The molecular formula is C17H20ClN3O4. The Morgan fingerprint density at radius 1 is 1.28 bits per heavy atom. The molecule has 7 nitrogen and oxygen atoms in total. The molecule has 134 valence electrons. The number of ether oxygens (including phenoxy) is 1. The van der Waals surface area contributed by atoms with Gasteiger partial charge >= 0.3 is 5.97 Å². The van der Waals surface area contributed by atoms with Gasteiger partial charge in [-0.25, -0.2) is 4.79 Å². The summed E-state index contributed by atoms with van der Waals surface area (Å²) in [6.07, 6.45) is 2.85. The first-order valence-corrected chi connectivity index (χ1v) is 7.95. The predicted octanol–water partition coefficient (Wildman–Crippen LogP) is 3.15. The van der Waals surface area contributed by atoms with Crippen molar-refractivity contribution in [1.29, 1.82) is 0 Å². The van der Waals surface area contributed by atoms with Gasteiger partial charge in [-0.3, -0.25) is 9.48 Å². The number of carboxylic acid groups (broad SMARTS) is 1. The molecule has 0 atom stereocenters. The molecule has 0 aliphatic carbocycles. The van der Waals surface area contributed by atoms with E-state index in [9.17, 15) is 14.7 Å². The molecule has 0 fully saturated rings. The molecule has 0 aliphatic rings. The lowest BCUT2D eigenvalue weighted by atomic mass is 10.1. The van der Waals surface area contributed by atoms with E-state index >= 15 is 0 Å². The summed E-state index contributed by atoms with van der Waals surface area (Å²) in [5.74, 6) is -0.964. The van der Waals surface area contributed by atoms with E-state index in [4.69, 9.17) is 16.3 Å². The largest absolute Gasteiger partial charge is 0.479 e. The minimum atomic E-state index is -1.23. The Morgan fingerprint density at radius 2 is 1.96 bits per heavy atom. The number of aromatic nitrogens is 2. The standard InChI is InChI=1S/C17H20ClN3O4/c1-16(2,15(23)24)21-10-12(9-19-21)20-14(22)17(3,4)25-13-7-5-6-11(18)8-13/h5-10H,1-4H3,(H,20,22)(H,23,24). The van der Waals surface area contributed by atoms with Crippen LogP contribution in [0.1, 0.15) is 27.7 Å². The first-order chi connectivity index (χ1) is 11.5. The summed E-state index contributed by atoms with van der Waals surface area (Å²) in [5, 5.41) is 16.4. The van der Waals surface area contributed by atoms with Gasteiger partial charge in [0.15, 0.2) is 11.1 Å². The van der Waals surface area contributed by atoms with Gasteiger partial charge in [-0.05, 0) is 45.9 Å². The fourth-order valence-electron chi connectivity index (χ4n) is 1.94. The van der Waals surface area contributed by atoms with E-state index in [1.165, 1.54) is 30.9 Å². The normalized spacial score (nSPS) is 11.9. The molecule has 1 heterocycles. The molecule has 2 N–H and O–H groups in total. The number of carbonyl (C=O) groups is 2. The number of aliphatic carboxylic acids is 1. The number of benzene rings is 1. The average molecular weight is 366 g/mol. The Labute approximate surface area is 150 Å². The van der Waals surface area contributed by atoms with Crippen LogP contribution in [0.15, 0.2) is 36.7 Å². The van der Waals surface area contributed by atoms with E-state index in [0.29, 0.717) is 16.5 Å². The highest BCUT2D eigenvalue weighted by atomic mass is 35.5. The molecule has 0 saturated carbocycles.